The number of nitrogens with zero attached hydrogens (tertiary/aromatic N) is 1. The molecule has 94 valence electrons. The second kappa shape index (κ2) is 6.05. The van der Waals surface area contributed by atoms with E-state index in [0.29, 0.717) is 6.04 Å². The maximum absolute atomic E-state index is 7.70. The number of nitrogen functional groups attached to an aromatic ring is 1. The van der Waals surface area contributed by atoms with E-state index in [1.54, 1.807) is 0 Å². The highest BCUT2D eigenvalue weighted by Gasteiger charge is 2.17. The first kappa shape index (κ1) is 14.0. The zero-order chi connectivity index (χ0) is 13.0. The molecule has 17 heavy (non-hydrogen) atoms. The third-order valence-corrected chi connectivity index (χ3v) is 3.69. The third kappa shape index (κ3) is 3.00. The molecule has 0 amide bonds. The highest BCUT2D eigenvalue weighted by Crippen LogP contribution is 2.29. The molecule has 0 spiro atoms. The minimum absolute atomic E-state index is 0.106. The van der Waals surface area contributed by atoms with E-state index >= 15 is 0 Å². The maximum atomic E-state index is 7.70. The van der Waals surface area contributed by atoms with Crippen LogP contribution in [0.3, 0.4) is 0 Å². The molecule has 0 saturated heterocycles. The van der Waals surface area contributed by atoms with Crippen LogP contribution in [-0.4, -0.2) is 18.4 Å². The molecule has 1 aromatic rings. The minimum Gasteiger partial charge on any atom is -0.384 e. The van der Waals surface area contributed by atoms with E-state index in [2.05, 4.69) is 41.6 Å². The molecular weight excluding hydrogens is 278 g/mol. The monoisotopic (exact) mass is 297 g/mol. The number of benzene rings is 1. The largest absolute Gasteiger partial charge is 0.384 e. The van der Waals surface area contributed by atoms with Crippen LogP contribution in [0.15, 0.2) is 22.7 Å². The van der Waals surface area contributed by atoms with Crippen molar-refractivity contribution in [3.8, 4) is 0 Å². The van der Waals surface area contributed by atoms with E-state index < -0.39 is 0 Å². The highest BCUT2D eigenvalue weighted by molar-refractivity contribution is 9.10. The van der Waals surface area contributed by atoms with E-state index in [1.165, 1.54) is 0 Å². The van der Waals surface area contributed by atoms with E-state index in [1.807, 2.05) is 18.2 Å². The van der Waals surface area contributed by atoms with Gasteiger partial charge >= 0.3 is 0 Å². The lowest BCUT2D eigenvalue weighted by molar-refractivity contribution is 0.629. The molecule has 0 aliphatic rings. The molecule has 0 bridgehead atoms. The lowest BCUT2D eigenvalue weighted by Gasteiger charge is -2.31. The van der Waals surface area contributed by atoms with Gasteiger partial charge in [0.25, 0.3) is 0 Å². The van der Waals surface area contributed by atoms with Gasteiger partial charge in [0, 0.05) is 22.7 Å². The Labute approximate surface area is 112 Å². The second-order valence-electron chi connectivity index (χ2n) is 4.09. The standard InChI is InChI=1S/C13H20BrN3/c1-4-9(3)17(5-2)11-8-6-7-10(14)12(11)13(15)16/h6-9H,4-5H2,1-3H3,(H3,15,16). The van der Waals surface area contributed by atoms with Crippen LogP contribution in [0, 0.1) is 5.41 Å². The van der Waals surface area contributed by atoms with E-state index in [0.717, 1.165) is 28.7 Å². The van der Waals surface area contributed by atoms with Crippen molar-refractivity contribution in [2.75, 3.05) is 11.4 Å². The first-order valence-corrected chi connectivity index (χ1v) is 6.71. The molecule has 3 N–H and O–H groups in total. The maximum Gasteiger partial charge on any atom is 0.126 e. The van der Waals surface area contributed by atoms with E-state index in [4.69, 9.17) is 11.1 Å². The number of anilines is 1. The SMILES string of the molecule is CCC(C)N(CC)c1cccc(Br)c1C(=N)N. The fourth-order valence-electron chi connectivity index (χ4n) is 1.96. The molecule has 0 aliphatic carbocycles. The fourth-order valence-corrected chi connectivity index (χ4v) is 2.53. The summed E-state index contributed by atoms with van der Waals surface area (Å²) in [6, 6.07) is 6.37. The van der Waals surface area contributed by atoms with Crippen molar-refractivity contribution in [2.24, 2.45) is 5.73 Å². The van der Waals surface area contributed by atoms with Crippen molar-refractivity contribution in [2.45, 2.75) is 33.2 Å². The molecule has 0 heterocycles. The van der Waals surface area contributed by atoms with Gasteiger partial charge < -0.3 is 10.6 Å². The molecule has 0 aliphatic heterocycles. The molecular formula is C13H20BrN3. The van der Waals surface area contributed by atoms with Gasteiger partial charge in [0.05, 0.1) is 5.56 Å². The Balaban J connectivity index is 3.28. The van der Waals surface area contributed by atoms with Crippen LogP contribution >= 0.6 is 15.9 Å². The summed E-state index contributed by atoms with van der Waals surface area (Å²) in [5.74, 6) is 0.106. The zero-order valence-electron chi connectivity index (χ0n) is 10.6. The average Bonchev–Trinajstić information content (AvgIpc) is 2.29. The van der Waals surface area contributed by atoms with Gasteiger partial charge in [-0.1, -0.05) is 13.0 Å². The molecule has 1 unspecified atom stereocenters. The molecule has 0 aromatic heterocycles. The first-order valence-electron chi connectivity index (χ1n) is 5.92. The summed E-state index contributed by atoms with van der Waals surface area (Å²) in [5, 5.41) is 7.70. The van der Waals surface area contributed by atoms with Gasteiger partial charge in [-0.3, -0.25) is 5.41 Å². The van der Waals surface area contributed by atoms with E-state index in [-0.39, 0.29) is 5.84 Å². The van der Waals surface area contributed by atoms with Gasteiger partial charge in [-0.2, -0.15) is 0 Å². The van der Waals surface area contributed by atoms with Gasteiger partial charge in [-0.25, -0.2) is 0 Å². The van der Waals surface area contributed by atoms with Gasteiger partial charge in [0.2, 0.25) is 0 Å². The summed E-state index contributed by atoms with van der Waals surface area (Å²) in [7, 11) is 0. The normalized spacial score (nSPS) is 12.2. The van der Waals surface area contributed by atoms with E-state index in [9.17, 15) is 0 Å². The quantitative estimate of drug-likeness (QED) is 0.647. The topological polar surface area (TPSA) is 53.1 Å². The number of nitrogens with two attached hydrogens (primary N) is 1. The van der Waals surface area contributed by atoms with Crippen LogP contribution in [0.4, 0.5) is 5.69 Å². The molecule has 0 saturated carbocycles. The number of hydrogen-bond acceptors (Lipinski definition) is 2. The molecule has 0 fully saturated rings. The van der Waals surface area contributed by atoms with Gasteiger partial charge in [0.15, 0.2) is 0 Å². The lowest BCUT2D eigenvalue weighted by Crippen LogP contribution is -2.34. The Morgan fingerprint density at radius 2 is 2.12 bits per heavy atom. The molecule has 1 atom stereocenters. The molecule has 0 radical (unpaired) electrons. The Bertz CT molecular complexity index is 404. The van der Waals surface area contributed by atoms with Gasteiger partial charge in [0.1, 0.15) is 5.84 Å². The fraction of sp³-hybridized carbons (Fsp3) is 0.462. The van der Waals surface area contributed by atoms with Crippen LogP contribution in [0.25, 0.3) is 0 Å². The van der Waals surface area contributed by atoms with Crippen LogP contribution in [0.1, 0.15) is 32.8 Å². The van der Waals surface area contributed by atoms with Crippen LogP contribution in [0.5, 0.6) is 0 Å². The smallest absolute Gasteiger partial charge is 0.126 e. The Kier molecular flexibility index (Phi) is 5.00. The number of amidine groups is 1. The number of halogens is 1. The Morgan fingerprint density at radius 3 is 2.59 bits per heavy atom. The van der Waals surface area contributed by atoms with Crippen molar-refractivity contribution in [1.82, 2.24) is 0 Å². The van der Waals surface area contributed by atoms with Crippen molar-refractivity contribution in [3.63, 3.8) is 0 Å². The molecule has 4 heteroatoms. The lowest BCUT2D eigenvalue weighted by atomic mass is 10.1. The predicted octanol–water partition coefficient (Wildman–Crippen LogP) is 3.36. The van der Waals surface area contributed by atoms with Crippen molar-refractivity contribution >= 4 is 27.5 Å². The number of rotatable bonds is 5. The Hall–Kier alpha value is -1.03. The molecule has 1 rings (SSSR count). The molecule has 3 nitrogen and oxygen atoms in total. The minimum atomic E-state index is 0.106. The summed E-state index contributed by atoms with van der Waals surface area (Å²) in [6.45, 7) is 7.38. The van der Waals surface area contributed by atoms with Gasteiger partial charge in [-0.05, 0) is 48.3 Å². The first-order chi connectivity index (χ1) is 8.02. The molecule has 1 aromatic carbocycles. The zero-order valence-corrected chi connectivity index (χ0v) is 12.2. The van der Waals surface area contributed by atoms with Crippen molar-refractivity contribution in [3.05, 3.63) is 28.2 Å². The summed E-state index contributed by atoms with van der Waals surface area (Å²) in [4.78, 5) is 2.28. The van der Waals surface area contributed by atoms with Crippen LogP contribution < -0.4 is 10.6 Å². The predicted molar refractivity (Wildman–Crippen MR) is 77.9 cm³/mol. The van der Waals surface area contributed by atoms with Crippen molar-refractivity contribution in [1.29, 1.82) is 5.41 Å². The second-order valence-corrected chi connectivity index (χ2v) is 4.95. The van der Waals surface area contributed by atoms with Gasteiger partial charge in [-0.15, -0.1) is 0 Å². The van der Waals surface area contributed by atoms with Crippen LogP contribution in [0.2, 0.25) is 0 Å². The summed E-state index contributed by atoms with van der Waals surface area (Å²) < 4.78 is 0.879. The Morgan fingerprint density at radius 1 is 1.47 bits per heavy atom. The number of hydrogen-bond donors (Lipinski definition) is 2. The highest BCUT2D eigenvalue weighted by atomic mass is 79.9. The average molecular weight is 298 g/mol. The van der Waals surface area contributed by atoms with Crippen molar-refractivity contribution < 1.29 is 0 Å². The number of nitrogens with one attached hydrogen (secondary N) is 1. The summed E-state index contributed by atoms with van der Waals surface area (Å²) in [5.41, 5.74) is 7.49. The third-order valence-electron chi connectivity index (χ3n) is 3.03. The summed E-state index contributed by atoms with van der Waals surface area (Å²) >= 11 is 3.47. The summed E-state index contributed by atoms with van der Waals surface area (Å²) in [6.07, 6.45) is 1.07. The van der Waals surface area contributed by atoms with Crippen LogP contribution in [-0.2, 0) is 0 Å².